The smallest absolute Gasteiger partial charge is 0.316 e. The highest BCUT2D eigenvalue weighted by molar-refractivity contribution is 7.89. The van der Waals surface area contributed by atoms with E-state index in [4.69, 9.17) is 16.3 Å². The Balaban J connectivity index is 1.58. The van der Waals surface area contributed by atoms with E-state index in [1.54, 1.807) is 44.3 Å². The van der Waals surface area contributed by atoms with Gasteiger partial charge in [0.25, 0.3) is 0 Å². The van der Waals surface area contributed by atoms with Crippen molar-refractivity contribution in [1.29, 1.82) is 0 Å². The molecule has 2 aromatic rings. The molecule has 0 spiro atoms. The molecule has 2 aliphatic rings. The van der Waals surface area contributed by atoms with E-state index >= 15 is 0 Å². The lowest BCUT2D eigenvalue weighted by molar-refractivity contribution is 0.296. The van der Waals surface area contributed by atoms with E-state index in [9.17, 15) is 13.2 Å². The maximum absolute atomic E-state index is 13.4. The number of nitrogens with zero attached hydrogens (tertiary/aromatic N) is 4. The minimum atomic E-state index is -3.31. The number of sulfonamides is 1. The van der Waals surface area contributed by atoms with Crippen LogP contribution in [0.15, 0.2) is 35.3 Å². The lowest BCUT2D eigenvalue weighted by Crippen LogP contribution is -2.50. The Hall–Kier alpha value is -2.10. The first-order chi connectivity index (χ1) is 15.8. The summed E-state index contributed by atoms with van der Waals surface area (Å²) in [4.78, 5) is 15.4. The van der Waals surface area contributed by atoms with Crippen molar-refractivity contribution in [3.8, 4) is 11.4 Å². The van der Waals surface area contributed by atoms with Crippen LogP contribution in [-0.4, -0.2) is 60.5 Å². The molecule has 0 radical (unpaired) electrons. The predicted octanol–water partition coefficient (Wildman–Crippen LogP) is 3.32. The van der Waals surface area contributed by atoms with Crippen molar-refractivity contribution in [2.75, 3.05) is 37.7 Å². The third-order valence-corrected chi connectivity index (χ3v) is 8.71. The predicted molar refractivity (Wildman–Crippen MR) is 130 cm³/mol. The minimum absolute atomic E-state index is 0.251. The zero-order valence-electron chi connectivity index (χ0n) is 19.1. The van der Waals surface area contributed by atoms with Gasteiger partial charge in [0.2, 0.25) is 15.8 Å². The largest absolute Gasteiger partial charge is 0.486 e. The van der Waals surface area contributed by atoms with Crippen molar-refractivity contribution < 1.29 is 13.2 Å². The average molecular weight is 495 g/mol. The molecule has 0 atom stereocenters. The molecule has 0 amide bonds. The van der Waals surface area contributed by atoms with Crippen molar-refractivity contribution in [2.24, 2.45) is 5.92 Å². The van der Waals surface area contributed by atoms with Crippen LogP contribution < -0.4 is 15.2 Å². The van der Waals surface area contributed by atoms with Gasteiger partial charge in [0, 0.05) is 31.2 Å². The molecule has 2 heterocycles. The summed E-state index contributed by atoms with van der Waals surface area (Å²) < 4.78 is 33.9. The summed E-state index contributed by atoms with van der Waals surface area (Å²) in [7, 11) is -3.31. The van der Waals surface area contributed by atoms with Gasteiger partial charge < -0.3 is 9.64 Å². The van der Waals surface area contributed by atoms with Gasteiger partial charge >= 0.3 is 5.56 Å². The molecule has 1 aliphatic carbocycles. The quantitative estimate of drug-likeness (QED) is 0.497. The molecule has 180 valence electrons. The second kappa shape index (κ2) is 10.0. The van der Waals surface area contributed by atoms with E-state index in [0.29, 0.717) is 49.2 Å². The Morgan fingerprint density at radius 1 is 1.18 bits per heavy atom. The summed E-state index contributed by atoms with van der Waals surface area (Å²) in [5, 5.41) is 4.43. The van der Waals surface area contributed by atoms with Crippen LogP contribution in [0.5, 0.6) is 5.75 Å². The standard InChI is InChI=1S/C23H31ClN4O4S/c1-17(2)33(30,31)27-12-10-26(11-13-27)21-16-25-28(20-7-3-6-19(24)15-20)23(29)22(21)32-14-4-5-18-8-9-18/h3,6-7,15-18H,4-5,8-14H2,1-2H3. The van der Waals surface area contributed by atoms with Crippen LogP contribution in [0.1, 0.15) is 39.5 Å². The van der Waals surface area contributed by atoms with Crippen molar-refractivity contribution in [2.45, 2.75) is 44.8 Å². The van der Waals surface area contributed by atoms with Gasteiger partial charge in [0.1, 0.15) is 5.69 Å². The summed E-state index contributed by atoms with van der Waals surface area (Å²) in [5.41, 5.74) is 0.819. The normalized spacial score (nSPS) is 17.5. The molecular weight excluding hydrogens is 464 g/mol. The molecule has 1 saturated heterocycles. The van der Waals surface area contributed by atoms with E-state index in [-0.39, 0.29) is 11.3 Å². The summed E-state index contributed by atoms with van der Waals surface area (Å²) >= 11 is 6.11. The lowest BCUT2D eigenvalue weighted by Gasteiger charge is -2.36. The van der Waals surface area contributed by atoms with Crippen molar-refractivity contribution in [3.05, 3.63) is 45.8 Å². The van der Waals surface area contributed by atoms with Gasteiger partial charge in [-0.15, -0.1) is 0 Å². The molecule has 33 heavy (non-hydrogen) atoms. The second-order valence-electron chi connectivity index (χ2n) is 8.97. The third-order valence-electron chi connectivity index (χ3n) is 6.20. The minimum Gasteiger partial charge on any atom is -0.486 e. The van der Waals surface area contributed by atoms with Gasteiger partial charge in [-0.25, -0.2) is 8.42 Å². The van der Waals surface area contributed by atoms with Crippen LogP contribution in [0.3, 0.4) is 0 Å². The molecule has 8 nitrogen and oxygen atoms in total. The summed E-state index contributed by atoms with van der Waals surface area (Å²) in [6, 6.07) is 6.96. The maximum Gasteiger partial charge on any atom is 0.316 e. The lowest BCUT2D eigenvalue weighted by atomic mass is 10.2. The summed E-state index contributed by atoms with van der Waals surface area (Å²) in [6.45, 7) is 5.49. The number of hydrogen-bond donors (Lipinski definition) is 0. The number of anilines is 1. The first-order valence-corrected chi connectivity index (χ1v) is 13.4. The van der Waals surface area contributed by atoms with Crippen LogP contribution in [-0.2, 0) is 10.0 Å². The Morgan fingerprint density at radius 2 is 1.91 bits per heavy atom. The molecule has 0 unspecified atom stereocenters. The van der Waals surface area contributed by atoms with E-state index in [1.807, 2.05) is 4.90 Å². The van der Waals surface area contributed by atoms with Crippen LogP contribution >= 0.6 is 11.6 Å². The number of benzene rings is 1. The molecule has 0 N–H and O–H groups in total. The number of rotatable bonds is 9. The molecule has 1 aromatic carbocycles. The van der Waals surface area contributed by atoms with Gasteiger partial charge in [-0.1, -0.05) is 30.5 Å². The van der Waals surface area contributed by atoms with Gasteiger partial charge in [0.05, 0.1) is 23.7 Å². The summed E-state index contributed by atoms with van der Waals surface area (Å²) in [6.07, 6.45) is 6.19. The first-order valence-electron chi connectivity index (χ1n) is 11.5. The van der Waals surface area contributed by atoms with E-state index < -0.39 is 15.3 Å². The molecule has 1 saturated carbocycles. The molecule has 1 aromatic heterocycles. The van der Waals surface area contributed by atoms with Crippen molar-refractivity contribution >= 4 is 27.3 Å². The SMILES string of the molecule is CC(C)S(=O)(=O)N1CCN(c2cnn(-c3cccc(Cl)c3)c(=O)c2OCCCC2CC2)CC1. The van der Waals surface area contributed by atoms with Crippen LogP contribution in [0.25, 0.3) is 5.69 Å². The monoisotopic (exact) mass is 494 g/mol. The fourth-order valence-electron chi connectivity index (χ4n) is 4.02. The zero-order chi connectivity index (χ0) is 23.6. The topological polar surface area (TPSA) is 84.7 Å². The molecule has 0 bridgehead atoms. The fourth-order valence-corrected chi connectivity index (χ4v) is 5.47. The van der Waals surface area contributed by atoms with Crippen LogP contribution in [0.2, 0.25) is 5.02 Å². The number of hydrogen-bond acceptors (Lipinski definition) is 6. The Labute approximate surface area is 200 Å². The van der Waals surface area contributed by atoms with Gasteiger partial charge in [-0.3, -0.25) is 4.79 Å². The highest BCUT2D eigenvalue weighted by atomic mass is 35.5. The number of ether oxygens (including phenoxy) is 1. The van der Waals surface area contributed by atoms with Crippen LogP contribution in [0, 0.1) is 5.92 Å². The van der Waals surface area contributed by atoms with Gasteiger partial charge in [-0.05, 0) is 50.8 Å². The summed E-state index contributed by atoms with van der Waals surface area (Å²) in [5.74, 6) is 1.05. The molecular formula is C23H31ClN4O4S. The molecule has 1 aliphatic heterocycles. The van der Waals surface area contributed by atoms with Crippen molar-refractivity contribution in [3.63, 3.8) is 0 Å². The molecule has 4 rings (SSSR count). The Morgan fingerprint density at radius 3 is 2.55 bits per heavy atom. The number of piperazine rings is 1. The third kappa shape index (κ3) is 5.53. The number of halogens is 1. The van der Waals surface area contributed by atoms with Gasteiger partial charge in [-0.2, -0.15) is 14.1 Å². The van der Waals surface area contributed by atoms with E-state index in [1.165, 1.54) is 21.8 Å². The molecule has 10 heteroatoms. The first kappa shape index (κ1) is 24.0. The average Bonchev–Trinajstić information content (AvgIpc) is 3.62. The zero-order valence-corrected chi connectivity index (χ0v) is 20.7. The molecule has 2 fully saturated rings. The Kier molecular flexibility index (Phi) is 7.31. The number of aromatic nitrogens is 2. The van der Waals surface area contributed by atoms with Crippen LogP contribution in [0.4, 0.5) is 5.69 Å². The maximum atomic E-state index is 13.4. The van der Waals surface area contributed by atoms with Gasteiger partial charge in [0.15, 0.2) is 0 Å². The second-order valence-corrected chi connectivity index (χ2v) is 11.9. The van der Waals surface area contributed by atoms with Crippen molar-refractivity contribution in [1.82, 2.24) is 14.1 Å². The Bertz CT molecular complexity index is 1140. The highest BCUT2D eigenvalue weighted by Gasteiger charge is 2.31. The van der Waals surface area contributed by atoms with E-state index in [0.717, 1.165) is 18.8 Å². The highest BCUT2D eigenvalue weighted by Crippen LogP contribution is 2.33. The fraction of sp³-hybridized carbons (Fsp3) is 0.565. The van der Waals surface area contributed by atoms with E-state index in [2.05, 4.69) is 5.10 Å².